The minimum absolute atomic E-state index is 0.219. The number of carbonyl (C=O) groups excluding carboxylic acids is 1. The van der Waals surface area contributed by atoms with Gasteiger partial charge in [0.25, 0.3) is 0 Å². The highest BCUT2D eigenvalue weighted by Crippen LogP contribution is 2.47. The number of aliphatic hydroxyl groups is 6. The van der Waals surface area contributed by atoms with Crippen molar-refractivity contribution in [1.29, 1.82) is 0 Å². The summed E-state index contributed by atoms with van der Waals surface area (Å²) in [6.07, 6.45) is 40.4. The summed E-state index contributed by atoms with van der Waals surface area (Å²) in [5.74, 6) is -0.337. The van der Waals surface area contributed by atoms with Crippen molar-refractivity contribution in [2.24, 2.45) is 0 Å². The van der Waals surface area contributed by atoms with Crippen molar-refractivity contribution in [1.82, 2.24) is 5.32 Å². The van der Waals surface area contributed by atoms with Crippen LogP contribution in [0.4, 0.5) is 0 Å². The normalized spacial score (nSPS) is 21.7. The molecule has 1 rings (SSSR count). The number of nitrogens with one attached hydrogen (secondary N) is 1. The van der Waals surface area contributed by atoms with E-state index in [1.807, 2.05) is 6.08 Å². The van der Waals surface area contributed by atoms with Gasteiger partial charge in [-0.3, -0.25) is 13.8 Å². The second-order valence-electron chi connectivity index (χ2n) is 20.1. The number of phosphoric acid groups is 1. The molecular formula is C54H106NO11P. The molecule has 9 atom stereocenters. The maximum atomic E-state index is 13.0. The number of carbonyl (C=O) groups is 1. The van der Waals surface area contributed by atoms with Crippen LogP contribution in [0.3, 0.4) is 0 Å². The first-order valence-electron chi connectivity index (χ1n) is 28.1. The molecule has 398 valence electrons. The van der Waals surface area contributed by atoms with E-state index in [0.717, 1.165) is 44.9 Å². The van der Waals surface area contributed by atoms with Crippen LogP contribution in [-0.4, -0.2) is 96.8 Å². The summed E-state index contributed by atoms with van der Waals surface area (Å²) in [7, 11) is -5.08. The summed E-state index contributed by atoms with van der Waals surface area (Å²) in [6, 6.07) is -1.11. The third-order valence-electron chi connectivity index (χ3n) is 13.8. The van der Waals surface area contributed by atoms with E-state index in [0.29, 0.717) is 6.42 Å². The van der Waals surface area contributed by atoms with Crippen molar-refractivity contribution in [3.8, 4) is 0 Å². The third-order valence-corrected chi connectivity index (χ3v) is 14.8. The fraction of sp³-hybridized carbons (Fsp3) is 0.944. The zero-order valence-electron chi connectivity index (χ0n) is 43.0. The van der Waals surface area contributed by atoms with Gasteiger partial charge in [-0.1, -0.05) is 257 Å². The molecule has 0 aromatic heterocycles. The minimum atomic E-state index is -5.08. The number of allylic oxidation sites excluding steroid dienone is 1. The summed E-state index contributed by atoms with van der Waals surface area (Å²) in [5.41, 5.74) is 0. The highest BCUT2D eigenvalue weighted by atomic mass is 31.2. The summed E-state index contributed by atoms with van der Waals surface area (Å²) in [4.78, 5) is 23.4. The molecule has 1 saturated carbocycles. The van der Waals surface area contributed by atoms with E-state index in [2.05, 4.69) is 19.2 Å². The van der Waals surface area contributed by atoms with Crippen LogP contribution in [0.5, 0.6) is 0 Å². The maximum absolute atomic E-state index is 13.0. The molecule has 13 heteroatoms. The summed E-state index contributed by atoms with van der Waals surface area (Å²) >= 11 is 0. The number of hydrogen-bond donors (Lipinski definition) is 8. The van der Waals surface area contributed by atoms with Gasteiger partial charge in [-0.2, -0.15) is 0 Å². The maximum Gasteiger partial charge on any atom is 0.472 e. The molecule has 0 saturated heterocycles. The van der Waals surface area contributed by atoms with Gasteiger partial charge in [0, 0.05) is 6.42 Å². The van der Waals surface area contributed by atoms with Crippen LogP contribution in [0.1, 0.15) is 271 Å². The van der Waals surface area contributed by atoms with Crippen molar-refractivity contribution in [2.45, 2.75) is 319 Å². The van der Waals surface area contributed by atoms with Crippen molar-refractivity contribution < 1.29 is 53.9 Å². The molecular weight excluding hydrogens is 870 g/mol. The Hall–Kier alpha value is -0.920. The first-order valence-corrected chi connectivity index (χ1v) is 29.6. The van der Waals surface area contributed by atoms with E-state index < -0.39 is 63.2 Å². The highest BCUT2D eigenvalue weighted by Gasteiger charge is 2.51. The Bertz CT molecular complexity index is 1180. The number of amides is 1. The molecule has 0 heterocycles. The fourth-order valence-corrected chi connectivity index (χ4v) is 10.2. The molecule has 6 unspecified atom stereocenters. The number of unbranched alkanes of at least 4 members (excludes halogenated alkanes) is 37. The number of hydrogen-bond acceptors (Lipinski definition) is 10. The molecule has 0 aromatic carbocycles. The van der Waals surface area contributed by atoms with Gasteiger partial charge in [0.2, 0.25) is 5.91 Å². The van der Waals surface area contributed by atoms with E-state index in [1.54, 1.807) is 0 Å². The molecule has 1 fully saturated rings. The number of phosphoric ester groups is 1. The van der Waals surface area contributed by atoms with Gasteiger partial charge < -0.3 is 40.8 Å². The van der Waals surface area contributed by atoms with E-state index in [-0.39, 0.29) is 12.3 Å². The Balaban J connectivity index is 2.20. The van der Waals surface area contributed by atoms with Crippen LogP contribution in [0.15, 0.2) is 12.2 Å². The van der Waals surface area contributed by atoms with Gasteiger partial charge >= 0.3 is 7.82 Å². The molecule has 1 amide bonds. The van der Waals surface area contributed by atoms with Gasteiger partial charge in [0.05, 0.1) is 18.8 Å². The second-order valence-corrected chi connectivity index (χ2v) is 21.6. The highest BCUT2D eigenvalue weighted by molar-refractivity contribution is 7.47. The SMILES string of the molecule is CCCCCCCCCC/C=C/[C@@H](O)[C@H](COP(=O)(O)OC1C(O)C(O)C(O)[C@@H](O)C1O)NC(=O)CCCCCCCCCCCCCCCCCCCCCCCCCCCCCCCC. The Morgan fingerprint density at radius 3 is 1.13 bits per heavy atom. The molecule has 0 bridgehead atoms. The lowest BCUT2D eigenvalue weighted by molar-refractivity contribution is -0.220. The Morgan fingerprint density at radius 1 is 0.493 bits per heavy atom. The first kappa shape index (κ1) is 64.1. The van der Waals surface area contributed by atoms with Crippen molar-refractivity contribution >= 4 is 13.7 Å². The number of rotatable bonds is 48. The van der Waals surface area contributed by atoms with Crippen LogP contribution in [0, 0.1) is 0 Å². The molecule has 67 heavy (non-hydrogen) atoms. The average molecular weight is 976 g/mol. The van der Waals surface area contributed by atoms with Crippen molar-refractivity contribution in [3.63, 3.8) is 0 Å². The summed E-state index contributed by atoms with van der Waals surface area (Å²) in [6.45, 7) is 3.84. The van der Waals surface area contributed by atoms with Crippen molar-refractivity contribution in [2.75, 3.05) is 6.61 Å². The molecule has 1 aliphatic rings. The first-order chi connectivity index (χ1) is 32.4. The van der Waals surface area contributed by atoms with Crippen LogP contribution >= 0.6 is 7.82 Å². The molecule has 12 nitrogen and oxygen atoms in total. The van der Waals surface area contributed by atoms with E-state index in [1.165, 1.54) is 205 Å². The lowest BCUT2D eigenvalue weighted by Crippen LogP contribution is -2.64. The topological polar surface area (TPSA) is 206 Å². The van der Waals surface area contributed by atoms with Crippen LogP contribution in [-0.2, 0) is 18.4 Å². The Labute approximate surface area is 409 Å². The van der Waals surface area contributed by atoms with E-state index in [4.69, 9.17) is 9.05 Å². The molecule has 0 radical (unpaired) electrons. The molecule has 0 aliphatic heterocycles. The Kier molecular flexibility index (Phi) is 41.9. The monoisotopic (exact) mass is 976 g/mol. The summed E-state index contributed by atoms with van der Waals surface area (Å²) in [5, 5.41) is 64.0. The summed E-state index contributed by atoms with van der Waals surface area (Å²) < 4.78 is 22.9. The largest absolute Gasteiger partial charge is 0.472 e. The predicted octanol–water partition coefficient (Wildman–Crippen LogP) is 12.4. The van der Waals surface area contributed by atoms with Gasteiger partial charge in [0.1, 0.15) is 36.6 Å². The van der Waals surface area contributed by atoms with Crippen LogP contribution < -0.4 is 5.32 Å². The van der Waals surface area contributed by atoms with Gasteiger partial charge in [-0.15, -0.1) is 0 Å². The smallest absolute Gasteiger partial charge is 0.387 e. The van der Waals surface area contributed by atoms with Crippen molar-refractivity contribution in [3.05, 3.63) is 12.2 Å². The molecule has 0 aromatic rings. The van der Waals surface area contributed by atoms with Crippen LogP contribution in [0.25, 0.3) is 0 Å². The second kappa shape index (κ2) is 43.8. The zero-order valence-corrected chi connectivity index (χ0v) is 43.9. The predicted molar refractivity (Wildman–Crippen MR) is 274 cm³/mol. The third kappa shape index (κ3) is 34.9. The lowest BCUT2D eigenvalue weighted by Gasteiger charge is -2.41. The van der Waals surface area contributed by atoms with E-state index >= 15 is 0 Å². The van der Waals surface area contributed by atoms with Gasteiger partial charge in [0.15, 0.2) is 0 Å². The Morgan fingerprint density at radius 2 is 0.791 bits per heavy atom. The van der Waals surface area contributed by atoms with Gasteiger partial charge in [-0.25, -0.2) is 4.57 Å². The molecule has 1 aliphatic carbocycles. The minimum Gasteiger partial charge on any atom is -0.387 e. The zero-order chi connectivity index (χ0) is 49.2. The fourth-order valence-electron chi connectivity index (χ4n) is 9.26. The standard InChI is InChI=1S/C54H106NO11P/c1-3-5-7-9-11-13-15-16-17-18-19-20-21-22-23-24-25-26-27-28-29-30-31-32-33-34-36-38-40-42-44-48(57)55-46(47(56)43-41-39-37-35-14-12-10-8-6-4-2)45-65-67(63,64)66-54-52(61)50(59)49(58)51(60)53(54)62/h41,43,46-47,49-54,56,58-62H,3-40,42,44-45H2,1-2H3,(H,55,57)(H,63,64)/b43-41+/t46-,47+,49?,50+,51?,52?,53?,54?/m0/s1. The molecule has 0 spiro atoms. The molecule has 8 N–H and O–H groups in total. The lowest BCUT2D eigenvalue weighted by atomic mass is 9.85. The average Bonchev–Trinajstić information content (AvgIpc) is 3.31. The van der Waals surface area contributed by atoms with Crippen LogP contribution in [0.2, 0.25) is 0 Å². The van der Waals surface area contributed by atoms with E-state index in [9.17, 15) is 44.9 Å². The van der Waals surface area contributed by atoms with Gasteiger partial charge in [-0.05, 0) is 19.3 Å². The quantitative estimate of drug-likeness (QED) is 0.0164. The number of aliphatic hydroxyl groups excluding tert-OH is 6.